The van der Waals surface area contributed by atoms with Gasteiger partial charge in [-0.3, -0.25) is 0 Å². The maximum absolute atomic E-state index is 11.9. The minimum Gasteiger partial charge on any atom is -0.369 e. The zero-order valence-corrected chi connectivity index (χ0v) is 23.4. The van der Waals surface area contributed by atoms with Gasteiger partial charge in [-0.05, 0) is 113 Å². The molecule has 11 atom stereocenters. The van der Waals surface area contributed by atoms with Crippen LogP contribution in [0.2, 0.25) is 0 Å². The molecule has 198 valence electrons. The summed E-state index contributed by atoms with van der Waals surface area (Å²) in [6.45, 7) is 11.0. The van der Waals surface area contributed by atoms with Crippen LogP contribution in [0.1, 0.15) is 91.9 Å². The zero-order chi connectivity index (χ0) is 24.8. The zero-order valence-electron chi connectivity index (χ0n) is 22.6. The second-order valence-corrected chi connectivity index (χ2v) is 15.8. The molecule has 6 aliphatic rings. The van der Waals surface area contributed by atoms with E-state index in [0.29, 0.717) is 35.3 Å². The Bertz CT molecular complexity index is 994. The van der Waals surface area contributed by atoms with Crippen LogP contribution < -0.4 is 10.0 Å². The Morgan fingerprint density at radius 1 is 1.09 bits per heavy atom. The summed E-state index contributed by atoms with van der Waals surface area (Å²) < 4.78 is 33.7. The van der Waals surface area contributed by atoms with Crippen LogP contribution in [0.3, 0.4) is 0 Å². The molecule has 2 N–H and O–H groups in total. The molecule has 0 amide bonds. The highest BCUT2D eigenvalue weighted by molar-refractivity contribution is 7.88. The van der Waals surface area contributed by atoms with Gasteiger partial charge in [0.1, 0.15) is 0 Å². The van der Waals surface area contributed by atoms with E-state index in [9.17, 15) is 8.42 Å². The highest BCUT2D eigenvalue weighted by Gasteiger charge is 2.59. The summed E-state index contributed by atoms with van der Waals surface area (Å²) in [5.74, 6) is 4.28. The SMILES string of the molecule is CC1=C2CC3C(CCC4CC(NS(C)(=O)=O)CCC43C)C2CCC2(C1)OC1CC(C)CNC1C2C. The van der Waals surface area contributed by atoms with Gasteiger partial charge >= 0.3 is 0 Å². The molecule has 6 rings (SSSR count). The summed E-state index contributed by atoms with van der Waals surface area (Å²) in [6, 6.07) is 0.660. The van der Waals surface area contributed by atoms with Gasteiger partial charge in [0.05, 0.1) is 18.0 Å². The third-order valence-corrected chi connectivity index (χ3v) is 12.8. The van der Waals surface area contributed by atoms with Crippen molar-refractivity contribution in [1.29, 1.82) is 0 Å². The lowest BCUT2D eigenvalue weighted by Gasteiger charge is -2.54. The maximum atomic E-state index is 11.9. The molecule has 35 heavy (non-hydrogen) atoms. The molecular formula is C29H48N2O3S. The molecule has 0 aromatic rings. The Kier molecular flexibility index (Phi) is 6.07. The van der Waals surface area contributed by atoms with Crippen molar-refractivity contribution in [3.05, 3.63) is 11.1 Å². The van der Waals surface area contributed by atoms with E-state index >= 15 is 0 Å². The highest BCUT2D eigenvalue weighted by Crippen LogP contribution is 2.65. The number of piperidine rings is 1. The van der Waals surface area contributed by atoms with E-state index in [2.05, 4.69) is 37.7 Å². The van der Waals surface area contributed by atoms with Crippen LogP contribution in [0.15, 0.2) is 11.1 Å². The van der Waals surface area contributed by atoms with Crippen LogP contribution in [-0.4, -0.2) is 45.0 Å². The van der Waals surface area contributed by atoms with Crippen molar-refractivity contribution in [2.45, 2.75) is 116 Å². The molecule has 5 fully saturated rings. The van der Waals surface area contributed by atoms with E-state index in [0.717, 1.165) is 43.6 Å². The first-order valence-corrected chi connectivity index (χ1v) is 16.5. The third kappa shape index (κ3) is 4.08. The summed E-state index contributed by atoms with van der Waals surface area (Å²) in [7, 11) is -3.13. The van der Waals surface area contributed by atoms with Crippen molar-refractivity contribution in [3.8, 4) is 0 Å². The van der Waals surface area contributed by atoms with Gasteiger partial charge in [0.25, 0.3) is 0 Å². The number of ether oxygens (including phenoxy) is 1. The molecule has 0 radical (unpaired) electrons. The van der Waals surface area contributed by atoms with Crippen LogP contribution in [-0.2, 0) is 14.8 Å². The van der Waals surface area contributed by atoms with Crippen LogP contribution in [0.25, 0.3) is 0 Å². The van der Waals surface area contributed by atoms with Gasteiger partial charge in [-0.25, -0.2) is 13.1 Å². The number of allylic oxidation sites excluding steroid dienone is 1. The van der Waals surface area contributed by atoms with Gasteiger partial charge < -0.3 is 10.1 Å². The summed E-state index contributed by atoms with van der Waals surface area (Å²) in [6.07, 6.45) is 13.6. The Morgan fingerprint density at radius 3 is 2.66 bits per heavy atom. The molecule has 3 saturated carbocycles. The topological polar surface area (TPSA) is 67.4 Å². The van der Waals surface area contributed by atoms with Crippen molar-refractivity contribution < 1.29 is 13.2 Å². The summed E-state index contributed by atoms with van der Waals surface area (Å²) in [4.78, 5) is 0. The second-order valence-electron chi connectivity index (χ2n) is 14.0. The van der Waals surface area contributed by atoms with Crippen LogP contribution >= 0.6 is 0 Å². The van der Waals surface area contributed by atoms with Crippen LogP contribution in [0, 0.1) is 40.9 Å². The fourth-order valence-corrected chi connectivity index (χ4v) is 11.1. The van der Waals surface area contributed by atoms with E-state index in [1.165, 1.54) is 51.2 Å². The Balaban J connectivity index is 1.22. The third-order valence-electron chi connectivity index (χ3n) is 12.0. The van der Waals surface area contributed by atoms with Gasteiger partial charge in [-0.1, -0.05) is 31.9 Å². The number of sulfonamides is 1. The van der Waals surface area contributed by atoms with Gasteiger partial charge in [0, 0.05) is 18.0 Å². The average Bonchev–Trinajstić information content (AvgIpc) is 3.23. The van der Waals surface area contributed by atoms with E-state index in [-0.39, 0.29) is 11.6 Å². The molecular weight excluding hydrogens is 456 g/mol. The van der Waals surface area contributed by atoms with Crippen LogP contribution in [0.4, 0.5) is 0 Å². The number of rotatable bonds is 2. The number of fused-ring (bicyclic) bond motifs is 6. The monoisotopic (exact) mass is 504 g/mol. The number of nitrogens with one attached hydrogen (secondary N) is 2. The van der Waals surface area contributed by atoms with Gasteiger partial charge in [-0.2, -0.15) is 0 Å². The minimum atomic E-state index is -3.13. The van der Waals surface area contributed by atoms with E-state index in [4.69, 9.17) is 4.74 Å². The molecule has 6 heteroatoms. The Hall–Kier alpha value is -0.430. The molecule has 2 saturated heterocycles. The van der Waals surface area contributed by atoms with E-state index in [1.807, 2.05) is 0 Å². The predicted octanol–water partition coefficient (Wildman–Crippen LogP) is 5.03. The summed E-state index contributed by atoms with van der Waals surface area (Å²) >= 11 is 0. The molecule has 2 heterocycles. The standard InChI is InChI=1S/C29H48N2O3S/c1-17-12-26-27(30-16-17)19(3)29(34-26)11-9-22-23-7-6-20-13-21(31-35(5,32)33)8-10-28(20,4)25(23)14-24(22)18(2)15-29/h17,19-23,25-27,30-31H,6-16H2,1-5H3. The molecule has 2 aliphatic heterocycles. The smallest absolute Gasteiger partial charge is 0.208 e. The van der Waals surface area contributed by atoms with Crippen molar-refractivity contribution in [1.82, 2.24) is 10.0 Å². The van der Waals surface area contributed by atoms with Crippen molar-refractivity contribution in [2.24, 2.45) is 40.9 Å². The first kappa shape index (κ1) is 24.9. The summed E-state index contributed by atoms with van der Waals surface area (Å²) in [5, 5.41) is 3.85. The average molecular weight is 505 g/mol. The van der Waals surface area contributed by atoms with Crippen molar-refractivity contribution in [2.75, 3.05) is 12.8 Å². The molecule has 4 aliphatic carbocycles. The lowest BCUT2D eigenvalue weighted by Crippen LogP contribution is -2.50. The molecule has 0 aromatic heterocycles. The first-order chi connectivity index (χ1) is 16.5. The highest BCUT2D eigenvalue weighted by atomic mass is 32.2. The largest absolute Gasteiger partial charge is 0.369 e. The predicted molar refractivity (Wildman–Crippen MR) is 140 cm³/mol. The van der Waals surface area contributed by atoms with Crippen molar-refractivity contribution in [3.63, 3.8) is 0 Å². The first-order valence-electron chi connectivity index (χ1n) is 14.6. The van der Waals surface area contributed by atoms with E-state index < -0.39 is 10.0 Å². The molecule has 0 bridgehead atoms. The molecule has 5 nitrogen and oxygen atoms in total. The maximum Gasteiger partial charge on any atom is 0.208 e. The molecule has 0 aromatic carbocycles. The van der Waals surface area contributed by atoms with Gasteiger partial charge in [0.2, 0.25) is 10.0 Å². The number of hydrogen-bond acceptors (Lipinski definition) is 4. The van der Waals surface area contributed by atoms with E-state index in [1.54, 1.807) is 11.1 Å². The normalized spacial score (nSPS) is 52.0. The Morgan fingerprint density at radius 2 is 1.89 bits per heavy atom. The van der Waals surface area contributed by atoms with Gasteiger partial charge in [0.15, 0.2) is 0 Å². The van der Waals surface area contributed by atoms with Crippen LogP contribution in [0.5, 0.6) is 0 Å². The quantitative estimate of drug-likeness (QED) is 0.518. The molecule has 1 spiro atoms. The fourth-order valence-electron chi connectivity index (χ4n) is 10.2. The summed E-state index contributed by atoms with van der Waals surface area (Å²) in [5.41, 5.74) is 3.83. The van der Waals surface area contributed by atoms with Crippen molar-refractivity contribution >= 4 is 10.0 Å². The minimum absolute atomic E-state index is 0.0276. The molecule has 11 unspecified atom stereocenters. The lowest BCUT2D eigenvalue weighted by atomic mass is 9.52. The lowest BCUT2D eigenvalue weighted by molar-refractivity contribution is -0.0746. The Labute approximate surface area is 213 Å². The fraction of sp³-hybridized carbons (Fsp3) is 0.931. The second kappa shape index (κ2) is 8.54. The van der Waals surface area contributed by atoms with Gasteiger partial charge in [-0.15, -0.1) is 0 Å². The number of hydrogen-bond donors (Lipinski definition) is 2.